The van der Waals surface area contributed by atoms with E-state index in [0.717, 1.165) is 0 Å². The van der Waals surface area contributed by atoms with Crippen molar-refractivity contribution in [1.82, 2.24) is 0 Å². The molecule has 0 unspecified atom stereocenters. The molecule has 0 aromatic heterocycles. The van der Waals surface area contributed by atoms with Crippen molar-refractivity contribution in [1.29, 1.82) is 0 Å². The van der Waals surface area contributed by atoms with Gasteiger partial charge < -0.3 is 15.4 Å². The van der Waals surface area contributed by atoms with Gasteiger partial charge in [-0.2, -0.15) is 0 Å². The van der Waals surface area contributed by atoms with Crippen LogP contribution in [-0.4, -0.2) is 20.1 Å². The van der Waals surface area contributed by atoms with Crippen molar-refractivity contribution in [2.75, 3.05) is 28.4 Å². The minimum Gasteiger partial charge on any atom is -0.405 e. The summed E-state index contributed by atoms with van der Waals surface area (Å²) in [6.07, 6.45) is 2.61. The number of rotatable bonds is 2. The van der Waals surface area contributed by atoms with Crippen molar-refractivity contribution < 1.29 is 0 Å². The fraction of sp³-hybridized carbons (Fsp3) is 0.200. The zero-order valence-corrected chi connectivity index (χ0v) is 13.6. The third kappa shape index (κ3) is 2.22. The summed E-state index contributed by atoms with van der Waals surface area (Å²) in [6, 6.07) is 21.9. The highest BCUT2D eigenvalue weighted by atomic mass is 15.1. The predicted octanol–water partition coefficient (Wildman–Crippen LogP) is 3.67. The molecule has 0 saturated carbocycles. The molecule has 0 amide bonds. The number of anilines is 3. The van der Waals surface area contributed by atoms with Gasteiger partial charge >= 0.3 is 6.98 Å². The number of benzene rings is 3. The van der Waals surface area contributed by atoms with Crippen LogP contribution in [0.5, 0.6) is 0 Å². The van der Waals surface area contributed by atoms with Gasteiger partial charge in [0.05, 0.1) is 0 Å². The highest BCUT2D eigenvalue weighted by Crippen LogP contribution is 2.33. The zero-order valence-electron chi connectivity index (χ0n) is 13.6. The molecule has 0 atom stereocenters. The van der Waals surface area contributed by atoms with E-state index in [-0.39, 0.29) is 6.98 Å². The maximum Gasteiger partial charge on any atom is 0.406 e. The number of hydrogen-bond acceptors (Lipinski definition) is 3. The summed E-state index contributed by atoms with van der Waals surface area (Å²) in [6.45, 7) is 2.46. The van der Waals surface area contributed by atoms with Crippen LogP contribution in [-0.2, 0) is 0 Å². The standard InChI is InChI=1S/C20H20BN3/c1-2-13-24(12-1)17-9-5-8-16(14-17)21-22-18-10-3-6-15-7-4-11-19(23-21)20(15)18/h3-11,14,22-23H,1-2,12-13H2. The second-order valence-corrected chi connectivity index (χ2v) is 6.72. The van der Waals surface area contributed by atoms with Crippen molar-refractivity contribution in [2.45, 2.75) is 12.8 Å². The van der Waals surface area contributed by atoms with Gasteiger partial charge in [-0.25, -0.2) is 0 Å². The first-order valence-electron chi connectivity index (χ1n) is 8.78. The SMILES string of the molecule is c1cc(B2Nc3cccc4cccc(c34)N2)cc(N2CCCC2)c1. The summed E-state index contributed by atoms with van der Waals surface area (Å²) in [5, 5.41) is 9.89. The molecule has 0 spiro atoms. The number of hydrogen-bond donors (Lipinski definition) is 2. The minimum absolute atomic E-state index is 0.105. The molecular formula is C20H20BN3. The third-order valence-electron chi connectivity index (χ3n) is 5.18. The number of nitrogens with one attached hydrogen (secondary N) is 2. The van der Waals surface area contributed by atoms with Gasteiger partial charge in [-0.05, 0) is 48.0 Å². The van der Waals surface area contributed by atoms with E-state index in [9.17, 15) is 0 Å². The Morgan fingerprint density at radius 2 is 1.46 bits per heavy atom. The maximum absolute atomic E-state index is 3.67. The lowest BCUT2D eigenvalue weighted by molar-refractivity contribution is 0.949. The molecule has 0 bridgehead atoms. The normalized spacial score (nSPS) is 16.2. The van der Waals surface area contributed by atoms with Crippen LogP contribution in [0.4, 0.5) is 17.1 Å². The molecule has 0 radical (unpaired) electrons. The second-order valence-electron chi connectivity index (χ2n) is 6.72. The van der Waals surface area contributed by atoms with Crippen LogP contribution >= 0.6 is 0 Å². The summed E-state index contributed by atoms with van der Waals surface area (Å²) >= 11 is 0. The Kier molecular flexibility index (Phi) is 3.15. The van der Waals surface area contributed by atoms with Gasteiger partial charge in [0, 0.05) is 35.5 Å². The van der Waals surface area contributed by atoms with E-state index < -0.39 is 0 Å². The Labute approximate surface area is 142 Å². The molecule has 24 heavy (non-hydrogen) atoms. The minimum atomic E-state index is 0.105. The predicted molar refractivity (Wildman–Crippen MR) is 104 cm³/mol. The molecule has 2 N–H and O–H groups in total. The molecule has 3 aromatic carbocycles. The van der Waals surface area contributed by atoms with Crippen molar-refractivity contribution in [3.05, 3.63) is 60.7 Å². The third-order valence-corrected chi connectivity index (χ3v) is 5.18. The topological polar surface area (TPSA) is 27.3 Å². The maximum atomic E-state index is 3.67. The van der Waals surface area contributed by atoms with Crippen molar-refractivity contribution in [3.8, 4) is 0 Å². The fourth-order valence-electron chi connectivity index (χ4n) is 3.97. The summed E-state index contributed by atoms with van der Waals surface area (Å²) < 4.78 is 0. The van der Waals surface area contributed by atoms with Gasteiger partial charge in [0.2, 0.25) is 0 Å². The van der Waals surface area contributed by atoms with Crippen molar-refractivity contribution in [2.24, 2.45) is 0 Å². The summed E-state index contributed by atoms with van der Waals surface area (Å²) in [7, 11) is 0. The molecule has 118 valence electrons. The molecule has 2 aliphatic heterocycles. The molecule has 3 aromatic rings. The van der Waals surface area contributed by atoms with Crippen molar-refractivity contribution >= 4 is 40.3 Å². The first-order chi connectivity index (χ1) is 11.9. The average Bonchev–Trinajstić information content (AvgIpc) is 3.17. The molecular weight excluding hydrogens is 293 g/mol. The van der Waals surface area contributed by atoms with Crippen LogP contribution < -0.4 is 20.8 Å². The lowest BCUT2D eigenvalue weighted by Crippen LogP contribution is -2.48. The lowest BCUT2D eigenvalue weighted by Gasteiger charge is -2.27. The first kappa shape index (κ1) is 13.8. The monoisotopic (exact) mass is 313 g/mol. The Morgan fingerprint density at radius 3 is 2.17 bits per heavy atom. The van der Waals surface area contributed by atoms with Crippen LogP contribution in [0.1, 0.15) is 12.8 Å². The van der Waals surface area contributed by atoms with E-state index in [2.05, 4.69) is 76.0 Å². The molecule has 1 saturated heterocycles. The van der Waals surface area contributed by atoms with Crippen LogP contribution in [0, 0.1) is 0 Å². The Morgan fingerprint density at radius 1 is 0.792 bits per heavy atom. The summed E-state index contributed by atoms with van der Waals surface area (Å²) in [5.74, 6) is 0. The molecule has 1 fully saturated rings. The molecule has 4 heteroatoms. The van der Waals surface area contributed by atoms with Crippen LogP contribution in [0.2, 0.25) is 0 Å². The van der Waals surface area contributed by atoms with E-state index in [4.69, 9.17) is 0 Å². The Bertz CT molecular complexity index is 862. The van der Waals surface area contributed by atoms with E-state index in [0.29, 0.717) is 0 Å². The van der Waals surface area contributed by atoms with Gasteiger partial charge in [0.1, 0.15) is 0 Å². The quantitative estimate of drug-likeness (QED) is 0.707. The number of nitrogens with zero attached hydrogens (tertiary/aromatic N) is 1. The fourth-order valence-corrected chi connectivity index (χ4v) is 3.97. The summed E-state index contributed by atoms with van der Waals surface area (Å²) in [5.41, 5.74) is 5.04. The second kappa shape index (κ2) is 5.48. The van der Waals surface area contributed by atoms with Crippen LogP contribution in [0.3, 0.4) is 0 Å². The van der Waals surface area contributed by atoms with Crippen LogP contribution in [0.25, 0.3) is 10.8 Å². The molecule has 2 heterocycles. The Balaban J connectivity index is 1.52. The molecule has 3 nitrogen and oxygen atoms in total. The molecule has 2 aliphatic rings. The highest BCUT2D eigenvalue weighted by Gasteiger charge is 2.26. The van der Waals surface area contributed by atoms with Gasteiger partial charge in [0.25, 0.3) is 0 Å². The largest absolute Gasteiger partial charge is 0.406 e. The average molecular weight is 313 g/mol. The van der Waals surface area contributed by atoms with Gasteiger partial charge in [-0.1, -0.05) is 36.4 Å². The smallest absolute Gasteiger partial charge is 0.405 e. The van der Waals surface area contributed by atoms with E-state index >= 15 is 0 Å². The van der Waals surface area contributed by atoms with E-state index in [1.54, 1.807) is 0 Å². The van der Waals surface area contributed by atoms with Crippen molar-refractivity contribution in [3.63, 3.8) is 0 Å². The first-order valence-corrected chi connectivity index (χ1v) is 8.78. The van der Waals surface area contributed by atoms with E-state index in [1.807, 2.05) is 0 Å². The van der Waals surface area contributed by atoms with Crippen LogP contribution in [0.15, 0.2) is 60.7 Å². The van der Waals surface area contributed by atoms with Gasteiger partial charge in [-0.3, -0.25) is 0 Å². The van der Waals surface area contributed by atoms with Gasteiger partial charge in [0.15, 0.2) is 0 Å². The molecule has 5 rings (SSSR count). The van der Waals surface area contributed by atoms with Gasteiger partial charge in [-0.15, -0.1) is 0 Å². The zero-order chi connectivity index (χ0) is 15.9. The Hall–Kier alpha value is -2.62. The summed E-state index contributed by atoms with van der Waals surface area (Å²) in [4.78, 5) is 2.49. The highest BCUT2D eigenvalue weighted by molar-refractivity contribution is 6.80. The van der Waals surface area contributed by atoms with E-state index in [1.165, 1.54) is 59.2 Å². The molecule has 0 aliphatic carbocycles. The lowest BCUT2D eigenvalue weighted by atomic mass is 9.66.